The zero-order valence-corrected chi connectivity index (χ0v) is 19.0. The van der Waals surface area contributed by atoms with Crippen LogP contribution in [0.3, 0.4) is 0 Å². The summed E-state index contributed by atoms with van der Waals surface area (Å²) in [5, 5.41) is 10.4. The Morgan fingerprint density at radius 1 is 1.15 bits per heavy atom. The second kappa shape index (κ2) is 11.9. The standard InChI is InChI=1S/C25H32N4O4/c1-32-24(31)22(28-23(30)15-20-8-5-13-29(16-20)25(26)27)14-18-9-11-21(12-10-18)33-17-19-6-3-2-4-7-19/h2-4,6-7,9-12,20,22H,5,8,13-17H2,1H3,(H3,26,27)(H,28,30)/t20-,22-/m0/s1. The first-order valence-electron chi connectivity index (χ1n) is 11.2. The third-order valence-electron chi connectivity index (χ3n) is 5.77. The van der Waals surface area contributed by atoms with Crippen LogP contribution in [0, 0.1) is 11.3 Å². The lowest BCUT2D eigenvalue weighted by atomic mass is 9.94. The van der Waals surface area contributed by atoms with E-state index in [4.69, 9.17) is 20.6 Å². The van der Waals surface area contributed by atoms with Crippen LogP contribution in [0.5, 0.6) is 5.75 Å². The van der Waals surface area contributed by atoms with E-state index in [9.17, 15) is 9.59 Å². The van der Waals surface area contributed by atoms with E-state index in [-0.39, 0.29) is 24.2 Å². The largest absolute Gasteiger partial charge is 0.489 e. The van der Waals surface area contributed by atoms with Gasteiger partial charge in [0.15, 0.2) is 5.96 Å². The highest BCUT2D eigenvalue weighted by atomic mass is 16.5. The van der Waals surface area contributed by atoms with Crippen LogP contribution in [-0.2, 0) is 27.4 Å². The Kier molecular flexibility index (Phi) is 8.69. The van der Waals surface area contributed by atoms with E-state index in [0.717, 1.165) is 36.3 Å². The first-order chi connectivity index (χ1) is 15.9. The van der Waals surface area contributed by atoms with Gasteiger partial charge in [-0.1, -0.05) is 42.5 Å². The van der Waals surface area contributed by atoms with Crippen LogP contribution in [0.4, 0.5) is 0 Å². The van der Waals surface area contributed by atoms with Crippen LogP contribution in [0.1, 0.15) is 30.4 Å². The van der Waals surface area contributed by atoms with Gasteiger partial charge in [0.2, 0.25) is 5.91 Å². The number of esters is 1. The Hall–Kier alpha value is -3.55. The molecule has 3 rings (SSSR count). The van der Waals surface area contributed by atoms with Gasteiger partial charge in [0.05, 0.1) is 7.11 Å². The van der Waals surface area contributed by atoms with E-state index in [1.807, 2.05) is 54.6 Å². The van der Waals surface area contributed by atoms with Crippen molar-refractivity contribution in [2.45, 2.75) is 38.3 Å². The number of carbonyl (C=O) groups is 2. The molecule has 1 fully saturated rings. The van der Waals surface area contributed by atoms with Gasteiger partial charge in [-0.2, -0.15) is 0 Å². The molecule has 8 heteroatoms. The normalized spacial score (nSPS) is 16.5. The molecule has 2 atom stereocenters. The van der Waals surface area contributed by atoms with Crippen molar-refractivity contribution < 1.29 is 19.1 Å². The van der Waals surface area contributed by atoms with Crippen molar-refractivity contribution in [1.29, 1.82) is 5.41 Å². The summed E-state index contributed by atoms with van der Waals surface area (Å²) in [6.07, 6.45) is 2.38. The van der Waals surface area contributed by atoms with Crippen molar-refractivity contribution >= 4 is 17.8 Å². The number of amides is 1. The number of ether oxygens (including phenoxy) is 2. The lowest BCUT2D eigenvalue weighted by Gasteiger charge is -2.32. The predicted molar refractivity (Wildman–Crippen MR) is 126 cm³/mol. The molecule has 176 valence electrons. The fourth-order valence-electron chi connectivity index (χ4n) is 4.00. The summed E-state index contributed by atoms with van der Waals surface area (Å²) in [5.74, 6) is 0.171. The first-order valence-corrected chi connectivity index (χ1v) is 11.2. The number of nitrogens with zero attached hydrogens (tertiary/aromatic N) is 1. The number of benzene rings is 2. The minimum Gasteiger partial charge on any atom is -0.489 e. The van der Waals surface area contributed by atoms with Crippen LogP contribution in [0.25, 0.3) is 0 Å². The summed E-state index contributed by atoms with van der Waals surface area (Å²) in [5.41, 5.74) is 7.55. The third-order valence-corrected chi connectivity index (χ3v) is 5.77. The van der Waals surface area contributed by atoms with Gasteiger partial charge in [0.25, 0.3) is 0 Å². The molecule has 1 aliphatic rings. The number of nitrogens with one attached hydrogen (secondary N) is 2. The molecular formula is C25H32N4O4. The van der Waals surface area contributed by atoms with Crippen molar-refractivity contribution in [2.75, 3.05) is 20.2 Å². The molecular weight excluding hydrogens is 420 g/mol. The Bertz CT molecular complexity index is 933. The molecule has 2 aromatic rings. The maximum Gasteiger partial charge on any atom is 0.328 e. The van der Waals surface area contributed by atoms with Crippen molar-refractivity contribution in [1.82, 2.24) is 10.2 Å². The number of piperidine rings is 1. The van der Waals surface area contributed by atoms with E-state index in [1.165, 1.54) is 7.11 Å². The third kappa shape index (κ3) is 7.52. The van der Waals surface area contributed by atoms with Gasteiger partial charge in [-0.3, -0.25) is 10.2 Å². The Morgan fingerprint density at radius 2 is 1.88 bits per heavy atom. The average molecular weight is 453 g/mol. The molecule has 1 amide bonds. The van der Waals surface area contributed by atoms with Crippen molar-refractivity contribution in [3.05, 3.63) is 65.7 Å². The number of carbonyl (C=O) groups excluding carboxylic acids is 2. The highest BCUT2D eigenvalue weighted by molar-refractivity contribution is 5.84. The number of likely N-dealkylation sites (tertiary alicyclic amines) is 1. The van der Waals surface area contributed by atoms with Crippen LogP contribution in [0.15, 0.2) is 54.6 Å². The maximum absolute atomic E-state index is 12.6. The van der Waals surface area contributed by atoms with Gasteiger partial charge in [-0.05, 0) is 42.0 Å². The Balaban J connectivity index is 1.53. The molecule has 0 spiro atoms. The highest BCUT2D eigenvalue weighted by Gasteiger charge is 2.26. The molecule has 0 aromatic heterocycles. The molecule has 1 aliphatic heterocycles. The van der Waals surface area contributed by atoms with Crippen molar-refractivity contribution in [3.8, 4) is 5.75 Å². The second-order valence-corrected chi connectivity index (χ2v) is 8.31. The summed E-state index contributed by atoms with van der Waals surface area (Å²) in [6.45, 7) is 1.79. The quantitative estimate of drug-likeness (QED) is 0.306. The molecule has 2 aromatic carbocycles. The number of hydrogen-bond donors (Lipinski definition) is 3. The van der Waals surface area contributed by atoms with Crippen LogP contribution in [0.2, 0.25) is 0 Å². The average Bonchev–Trinajstić information content (AvgIpc) is 2.83. The van der Waals surface area contributed by atoms with Gasteiger partial charge < -0.3 is 25.4 Å². The molecule has 8 nitrogen and oxygen atoms in total. The number of hydrogen-bond acceptors (Lipinski definition) is 5. The minimum absolute atomic E-state index is 0.0312. The molecule has 33 heavy (non-hydrogen) atoms. The first kappa shape index (κ1) is 24.1. The van der Waals surface area contributed by atoms with E-state index < -0.39 is 12.0 Å². The van der Waals surface area contributed by atoms with Crippen LogP contribution < -0.4 is 15.8 Å². The smallest absolute Gasteiger partial charge is 0.328 e. The van der Waals surface area contributed by atoms with Crippen LogP contribution in [-0.4, -0.2) is 49.0 Å². The number of rotatable bonds is 9. The lowest BCUT2D eigenvalue weighted by molar-refractivity contribution is -0.145. The maximum atomic E-state index is 12.6. The zero-order chi connectivity index (χ0) is 23.6. The predicted octanol–water partition coefficient (Wildman–Crippen LogP) is 2.46. The minimum atomic E-state index is -0.772. The summed E-state index contributed by atoms with van der Waals surface area (Å²) in [6, 6.07) is 16.6. The topological polar surface area (TPSA) is 118 Å². The van der Waals surface area contributed by atoms with E-state index in [1.54, 1.807) is 4.90 Å². The van der Waals surface area contributed by atoms with Gasteiger partial charge >= 0.3 is 5.97 Å². The summed E-state index contributed by atoms with van der Waals surface area (Å²) >= 11 is 0. The number of nitrogens with two attached hydrogens (primary N) is 1. The summed E-state index contributed by atoms with van der Waals surface area (Å²) < 4.78 is 10.7. The van der Waals surface area contributed by atoms with Gasteiger partial charge in [0, 0.05) is 25.9 Å². The molecule has 0 bridgehead atoms. The van der Waals surface area contributed by atoms with Crippen molar-refractivity contribution in [2.24, 2.45) is 11.7 Å². The zero-order valence-electron chi connectivity index (χ0n) is 19.0. The second-order valence-electron chi connectivity index (χ2n) is 8.31. The lowest BCUT2D eigenvalue weighted by Crippen LogP contribution is -2.46. The van der Waals surface area contributed by atoms with E-state index >= 15 is 0 Å². The number of methoxy groups -OCH3 is 1. The summed E-state index contributed by atoms with van der Waals surface area (Å²) in [7, 11) is 1.31. The molecule has 1 heterocycles. The Morgan fingerprint density at radius 3 is 2.55 bits per heavy atom. The summed E-state index contributed by atoms with van der Waals surface area (Å²) in [4.78, 5) is 26.7. The molecule has 0 radical (unpaired) electrons. The molecule has 0 unspecified atom stereocenters. The van der Waals surface area contributed by atoms with Gasteiger partial charge in [-0.15, -0.1) is 0 Å². The monoisotopic (exact) mass is 452 g/mol. The fraction of sp³-hybridized carbons (Fsp3) is 0.400. The molecule has 1 saturated heterocycles. The fourth-order valence-corrected chi connectivity index (χ4v) is 4.00. The molecule has 0 aliphatic carbocycles. The van der Waals surface area contributed by atoms with Crippen LogP contribution >= 0.6 is 0 Å². The molecule has 4 N–H and O–H groups in total. The number of guanidine groups is 1. The highest BCUT2D eigenvalue weighted by Crippen LogP contribution is 2.20. The van der Waals surface area contributed by atoms with E-state index in [2.05, 4.69) is 5.32 Å². The SMILES string of the molecule is COC(=O)[C@H](Cc1ccc(OCc2ccccc2)cc1)NC(=O)C[C@@H]1CCCN(C(=N)N)C1. The van der Waals surface area contributed by atoms with Crippen molar-refractivity contribution in [3.63, 3.8) is 0 Å². The molecule has 0 saturated carbocycles. The van der Waals surface area contributed by atoms with E-state index in [0.29, 0.717) is 19.6 Å². The Labute approximate surface area is 194 Å². The van der Waals surface area contributed by atoms with Gasteiger partial charge in [-0.25, -0.2) is 4.79 Å². The van der Waals surface area contributed by atoms with Gasteiger partial charge in [0.1, 0.15) is 18.4 Å².